The minimum absolute atomic E-state index is 0.225. The van der Waals surface area contributed by atoms with Crippen LogP contribution in [0.1, 0.15) is 5.69 Å². The van der Waals surface area contributed by atoms with Gasteiger partial charge in [0.25, 0.3) is 5.56 Å². The van der Waals surface area contributed by atoms with Gasteiger partial charge in [-0.25, -0.2) is 0 Å². The molecule has 0 unspecified atom stereocenters. The first-order chi connectivity index (χ1) is 10.1. The molecule has 3 aromatic rings. The van der Waals surface area contributed by atoms with E-state index in [-0.39, 0.29) is 5.56 Å². The van der Waals surface area contributed by atoms with E-state index in [4.69, 9.17) is 17.3 Å². The van der Waals surface area contributed by atoms with E-state index in [9.17, 15) is 4.79 Å². The number of nitrogen functional groups attached to an aromatic ring is 1. The zero-order valence-electron chi connectivity index (χ0n) is 10.6. The summed E-state index contributed by atoms with van der Waals surface area (Å²) < 4.78 is 3.21. The summed E-state index contributed by atoms with van der Waals surface area (Å²) in [5.74, 6) is 0. The second-order valence-electron chi connectivity index (χ2n) is 4.26. The topological polar surface area (TPSA) is 60.9 Å². The molecule has 0 radical (unpaired) electrons. The molecule has 2 N–H and O–H groups in total. The maximum atomic E-state index is 12.6. The number of anilines is 1. The molecule has 0 aliphatic carbocycles. The number of thiophene rings is 1. The summed E-state index contributed by atoms with van der Waals surface area (Å²) in [5.41, 5.74) is 7.08. The van der Waals surface area contributed by atoms with E-state index in [2.05, 4.69) is 27.7 Å². The van der Waals surface area contributed by atoms with E-state index < -0.39 is 0 Å². The minimum atomic E-state index is -0.225. The molecule has 1 aromatic carbocycles. The van der Waals surface area contributed by atoms with Gasteiger partial charge in [0, 0.05) is 15.8 Å². The van der Waals surface area contributed by atoms with E-state index in [0.717, 1.165) is 5.39 Å². The molecule has 0 bridgehead atoms. The van der Waals surface area contributed by atoms with Crippen molar-refractivity contribution < 1.29 is 0 Å². The Balaban J connectivity index is 2.37. The van der Waals surface area contributed by atoms with Gasteiger partial charge in [0.15, 0.2) is 0 Å². The smallest absolute Gasteiger partial charge is 0.282 e. The van der Waals surface area contributed by atoms with Gasteiger partial charge < -0.3 is 5.73 Å². The summed E-state index contributed by atoms with van der Waals surface area (Å²) in [6.07, 6.45) is 1.85. The normalized spacial score (nSPS) is 11.5. The van der Waals surface area contributed by atoms with E-state index in [0.29, 0.717) is 26.8 Å². The zero-order chi connectivity index (χ0) is 15.0. The van der Waals surface area contributed by atoms with Gasteiger partial charge in [-0.15, -0.1) is 11.3 Å². The Morgan fingerprint density at radius 3 is 2.71 bits per heavy atom. The fourth-order valence-corrected chi connectivity index (χ4v) is 3.30. The number of hydrogen-bond acceptors (Lipinski definition) is 4. The highest BCUT2D eigenvalue weighted by Gasteiger charge is 2.14. The lowest BCUT2D eigenvalue weighted by atomic mass is 10.2. The lowest BCUT2D eigenvalue weighted by Crippen LogP contribution is -2.22. The Morgan fingerprint density at radius 2 is 2.05 bits per heavy atom. The molecule has 0 aliphatic rings. The van der Waals surface area contributed by atoms with Crippen LogP contribution in [0.2, 0.25) is 5.02 Å². The number of fused-ring (bicyclic) bond motifs is 1. The van der Waals surface area contributed by atoms with Crippen LogP contribution < -0.4 is 11.3 Å². The summed E-state index contributed by atoms with van der Waals surface area (Å²) in [4.78, 5) is 12.6. The van der Waals surface area contributed by atoms with Crippen molar-refractivity contribution in [1.29, 1.82) is 0 Å². The molecule has 0 saturated carbocycles. The summed E-state index contributed by atoms with van der Waals surface area (Å²) in [7, 11) is 0. The Kier molecular flexibility index (Phi) is 4.01. The van der Waals surface area contributed by atoms with Gasteiger partial charge in [0.05, 0.1) is 21.8 Å². The molecule has 0 amide bonds. The van der Waals surface area contributed by atoms with Crippen molar-refractivity contribution in [3.63, 3.8) is 0 Å². The highest BCUT2D eigenvalue weighted by molar-refractivity contribution is 14.1. The van der Waals surface area contributed by atoms with Gasteiger partial charge in [-0.2, -0.15) is 9.78 Å². The average Bonchev–Trinajstić information content (AvgIpc) is 2.86. The molecule has 0 spiro atoms. The number of halogens is 2. The molecule has 0 fully saturated rings. The molecule has 2 aromatic heterocycles. The second kappa shape index (κ2) is 5.78. The number of hydrogen-bond donors (Lipinski definition) is 1. The van der Waals surface area contributed by atoms with Crippen molar-refractivity contribution in [2.75, 3.05) is 5.73 Å². The standard InChI is InChI=1S/C14H9ClIN3OS/c15-8-1-3-9(4-2-8)19-14(20)12-10(7-21-13(12)17)11(18-19)5-6-16/h1-7H,17H2/b6-5+/i16-4. The molecule has 21 heavy (non-hydrogen) atoms. The molecular formula is C14H9ClIN3OS. The molecule has 0 aliphatic heterocycles. The van der Waals surface area contributed by atoms with Crippen molar-refractivity contribution in [3.8, 4) is 5.69 Å². The Hall–Kier alpha value is -1.38. The van der Waals surface area contributed by atoms with Crippen molar-refractivity contribution >= 4 is 67.4 Å². The van der Waals surface area contributed by atoms with Crippen molar-refractivity contribution in [3.05, 3.63) is 54.8 Å². The average molecular weight is 426 g/mol. The molecule has 2 heterocycles. The molecular weight excluding hydrogens is 417 g/mol. The van der Waals surface area contributed by atoms with Crippen LogP contribution in [0.3, 0.4) is 0 Å². The lowest BCUT2D eigenvalue weighted by Gasteiger charge is -2.07. The first kappa shape index (κ1) is 14.6. The molecule has 3 rings (SSSR count). The van der Waals surface area contributed by atoms with Crippen molar-refractivity contribution in [2.24, 2.45) is 0 Å². The number of nitrogens with zero attached hydrogens (tertiary/aromatic N) is 2. The van der Waals surface area contributed by atoms with Crippen LogP contribution in [0.5, 0.6) is 0 Å². The number of benzene rings is 1. The highest BCUT2D eigenvalue weighted by Crippen LogP contribution is 2.28. The molecule has 106 valence electrons. The quantitative estimate of drug-likeness (QED) is 0.629. The second-order valence-corrected chi connectivity index (χ2v) is 6.33. The minimum Gasteiger partial charge on any atom is -0.390 e. The largest absolute Gasteiger partial charge is 0.390 e. The van der Waals surface area contributed by atoms with Crippen LogP contribution in [0.4, 0.5) is 5.00 Å². The van der Waals surface area contributed by atoms with E-state index in [1.54, 1.807) is 24.3 Å². The van der Waals surface area contributed by atoms with Crippen LogP contribution >= 0.6 is 45.5 Å². The first-order valence-corrected chi connectivity index (χ1v) is 8.45. The molecule has 4 nitrogen and oxygen atoms in total. The summed E-state index contributed by atoms with van der Waals surface area (Å²) in [6.45, 7) is 0. The van der Waals surface area contributed by atoms with Crippen LogP contribution in [0, 0.1) is 0 Å². The fraction of sp³-hybridized carbons (Fsp3) is 0. The number of aromatic nitrogens is 2. The maximum Gasteiger partial charge on any atom is 0.282 e. The monoisotopic (exact) mass is 425 g/mol. The Bertz CT molecular complexity index is 899. The predicted molar refractivity (Wildman–Crippen MR) is 97.7 cm³/mol. The fourth-order valence-electron chi connectivity index (χ4n) is 2.04. The third-order valence-electron chi connectivity index (χ3n) is 3.00. The SMILES string of the molecule is Nc1scc2c(/C=C/[123I])nn(-c3ccc(Cl)cc3)c(=O)c12. The highest BCUT2D eigenvalue weighted by atomic mass is 123. The molecule has 7 heteroatoms. The third-order valence-corrected chi connectivity index (χ3v) is 4.42. The van der Waals surface area contributed by atoms with Crippen LogP contribution in [-0.2, 0) is 0 Å². The predicted octanol–water partition coefficient (Wildman–Crippen LogP) is 4.09. The molecule has 0 atom stereocenters. The van der Waals surface area contributed by atoms with Crippen LogP contribution in [0.25, 0.3) is 22.5 Å². The number of nitrogens with two attached hydrogens (primary N) is 1. The van der Waals surface area contributed by atoms with Gasteiger partial charge in [-0.3, -0.25) is 4.79 Å². The van der Waals surface area contributed by atoms with Crippen LogP contribution in [0.15, 0.2) is 38.5 Å². The van der Waals surface area contributed by atoms with E-state index in [1.165, 1.54) is 16.0 Å². The Labute approximate surface area is 143 Å². The third kappa shape index (κ3) is 2.58. The summed E-state index contributed by atoms with van der Waals surface area (Å²) in [5, 5.41) is 8.68. The van der Waals surface area contributed by atoms with Crippen molar-refractivity contribution in [2.45, 2.75) is 0 Å². The molecule has 0 saturated heterocycles. The van der Waals surface area contributed by atoms with Gasteiger partial charge in [-0.05, 0) is 34.4 Å². The van der Waals surface area contributed by atoms with Gasteiger partial charge in [-0.1, -0.05) is 34.2 Å². The zero-order valence-corrected chi connectivity index (χ0v) is 14.3. The van der Waals surface area contributed by atoms with Crippen LogP contribution in [-0.4, -0.2) is 9.78 Å². The van der Waals surface area contributed by atoms with Crippen molar-refractivity contribution in [1.82, 2.24) is 9.78 Å². The summed E-state index contributed by atoms with van der Waals surface area (Å²) >= 11 is 9.35. The van der Waals surface area contributed by atoms with Gasteiger partial charge in [0.1, 0.15) is 0 Å². The van der Waals surface area contributed by atoms with Gasteiger partial charge in [0.2, 0.25) is 0 Å². The summed E-state index contributed by atoms with van der Waals surface area (Å²) in [6, 6.07) is 6.95. The lowest BCUT2D eigenvalue weighted by molar-refractivity contribution is 0.816. The van der Waals surface area contributed by atoms with E-state index in [1.807, 2.05) is 15.5 Å². The maximum absolute atomic E-state index is 12.6. The Morgan fingerprint density at radius 1 is 1.33 bits per heavy atom. The number of rotatable bonds is 2. The first-order valence-electron chi connectivity index (χ1n) is 5.94. The van der Waals surface area contributed by atoms with E-state index >= 15 is 0 Å². The van der Waals surface area contributed by atoms with Gasteiger partial charge >= 0.3 is 0 Å².